The van der Waals surface area contributed by atoms with Gasteiger partial charge in [-0.25, -0.2) is 14.4 Å². The number of benzene rings is 4. The highest BCUT2D eigenvalue weighted by Gasteiger charge is 2.41. The molecule has 4 aromatic rings. The lowest BCUT2D eigenvalue weighted by molar-refractivity contribution is -0.0685. The number of rotatable bonds is 14. The molecule has 11 nitrogen and oxygen atoms in total. The first kappa shape index (κ1) is 39.3. The van der Waals surface area contributed by atoms with E-state index in [9.17, 15) is 22.8 Å². The highest BCUT2D eigenvalue weighted by Crippen LogP contribution is 2.33. The molecule has 0 heterocycles. The number of ether oxygens (including phenoxy) is 3. The van der Waals surface area contributed by atoms with Crippen molar-refractivity contribution in [1.29, 1.82) is 0 Å². The van der Waals surface area contributed by atoms with E-state index in [-0.39, 0.29) is 31.8 Å². The summed E-state index contributed by atoms with van der Waals surface area (Å²) in [7, 11) is -3.71. The van der Waals surface area contributed by atoms with Crippen molar-refractivity contribution in [3.05, 3.63) is 133 Å². The lowest BCUT2D eigenvalue weighted by Crippen LogP contribution is -2.48. The van der Waals surface area contributed by atoms with Gasteiger partial charge >= 0.3 is 17.9 Å². The molecule has 0 aliphatic carbocycles. The summed E-state index contributed by atoms with van der Waals surface area (Å²) in [6.07, 6.45) is -4.47. The first-order chi connectivity index (χ1) is 24.2. The van der Waals surface area contributed by atoms with Gasteiger partial charge in [0, 0.05) is 0 Å². The number of carbonyl (C=O) groups is 3. The topological polar surface area (TPSA) is 144 Å². The fourth-order valence-corrected chi connectivity index (χ4v) is 6.49. The summed E-state index contributed by atoms with van der Waals surface area (Å²) in [5.41, 5.74) is 2.88. The van der Waals surface area contributed by atoms with Gasteiger partial charge in [0.1, 0.15) is 18.6 Å². The van der Waals surface area contributed by atoms with E-state index in [4.69, 9.17) is 58.0 Å². The monoisotopic (exact) mass is 775 g/mol. The Hall–Kier alpha value is -4.46. The average Bonchev–Trinajstić information content (AvgIpc) is 3.09. The van der Waals surface area contributed by atoms with Crippen molar-refractivity contribution in [2.75, 3.05) is 13.7 Å². The van der Waals surface area contributed by atoms with Crippen molar-refractivity contribution in [1.82, 2.24) is 0 Å². The number of nitrogens with zero attached hydrogens (tertiary/aromatic N) is 1. The second-order valence-corrected chi connectivity index (χ2v) is 13.9. The van der Waals surface area contributed by atoms with Crippen LogP contribution in [-0.4, -0.2) is 64.6 Å². The van der Waals surface area contributed by atoms with Gasteiger partial charge in [-0.2, -0.15) is 8.42 Å². The third-order valence-electron chi connectivity index (χ3n) is 7.22. The molecule has 0 bridgehead atoms. The normalized spacial score (nSPS) is 13.2. The number of esters is 3. The van der Waals surface area contributed by atoms with Gasteiger partial charge in [-0.15, -0.1) is 0 Å². The minimum Gasteiger partial charge on any atom is -0.459 e. The third kappa shape index (κ3) is 10.8. The van der Waals surface area contributed by atoms with Crippen LogP contribution >= 0.6 is 34.8 Å². The molecule has 0 aliphatic heterocycles. The molecule has 0 aromatic heterocycles. The van der Waals surface area contributed by atoms with Crippen molar-refractivity contribution in [3.8, 4) is 0 Å². The van der Waals surface area contributed by atoms with Crippen molar-refractivity contribution >= 4 is 69.0 Å². The Balaban J connectivity index is 1.82. The van der Waals surface area contributed by atoms with Gasteiger partial charge in [0.2, 0.25) is 0 Å². The highest BCUT2D eigenvalue weighted by molar-refractivity contribution is 7.87. The lowest BCUT2D eigenvalue weighted by Gasteiger charge is -2.30. The molecule has 3 atom stereocenters. The number of halogens is 3. The maximum absolute atomic E-state index is 13.8. The van der Waals surface area contributed by atoms with Crippen LogP contribution in [0.3, 0.4) is 0 Å². The van der Waals surface area contributed by atoms with Crippen LogP contribution in [0.15, 0.2) is 95.0 Å². The highest BCUT2D eigenvalue weighted by atomic mass is 35.5. The number of hydrogen-bond acceptors (Lipinski definition) is 11. The molecule has 4 rings (SSSR count). The number of hydrogen-bond donors (Lipinski definition) is 0. The zero-order valence-electron chi connectivity index (χ0n) is 27.7. The van der Waals surface area contributed by atoms with Gasteiger partial charge in [0.15, 0.2) is 18.3 Å². The van der Waals surface area contributed by atoms with Crippen molar-refractivity contribution in [3.63, 3.8) is 0 Å². The van der Waals surface area contributed by atoms with E-state index in [0.717, 1.165) is 35.0 Å². The molecular weight excluding hydrogens is 745 g/mol. The van der Waals surface area contributed by atoms with E-state index in [1.165, 1.54) is 43.5 Å². The van der Waals surface area contributed by atoms with E-state index >= 15 is 0 Å². The predicted octanol–water partition coefficient (Wildman–Crippen LogP) is 7.59. The van der Waals surface area contributed by atoms with Crippen LogP contribution in [0.25, 0.3) is 0 Å². The molecule has 0 saturated heterocycles. The summed E-state index contributed by atoms with van der Waals surface area (Å²) in [6, 6.07) is 21.0. The first-order valence-corrected chi connectivity index (χ1v) is 17.7. The van der Waals surface area contributed by atoms with Crippen LogP contribution in [0.5, 0.6) is 0 Å². The largest absolute Gasteiger partial charge is 0.459 e. The Morgan fingerprint density at radius 1 is 0.686 bits per heavy atom. The summed E-state index contributed by atoms with van der Waals surface area (Å²) >= 11 is 18.4. The van der Waals surface area contributed by atoms with Crippen LogP contribution in [0.4, 0.5) is 0 Å². The molecule has 4 aromatic carbocycles. The second kappa shape index (κ2) is 17.7. The molecule has 15 heteroatoms. The van der Waals surface area contributed by atoms with E-state index in [1.807, 2.05) is 20.8 Å². The van der Waals surface area contributed by atoms with Gasteiger partial charge in [-0.05, 0) is 69.3 Å². The van der Waals surface area contributed by atoms with Gasteiger partial charge in [-0.3, -0.25) is 4.18 Å². The zero-order valence-corrected chi connectivity index (χ0v) is 30.8. The molecule has 51 heavy (non-hydrogen) atoms. The fraction of sp³-hybridized carbons (Fsp3) is 0.222. The molecule has 0 spiro atoms. The average molecular weight is 777 g/mol. The number of carbonyl (C=O) groups excluding carboxylic acids is 3. The number of aryl methyl sites for hydroxylation is 3. The second-order valence-electron chi connectivity index (χ2n) is 11.2. The van der Waals surface area contributed by atoms with Crippen LogP contribution < -0.4 is 0 Å². The van der Waals surface area contributed by atoms with Crippen LogP contribution in [0.1, 0.15) is 47.8 Å². The van der Waals surface area contributed by atoms with Crippen LogP contribution in [-0.2, 0) is 33.3 Å². The summed E-state index contributed by atoms with van der Waals surface area (Å²) < 4.78 is 50.4. The Morgan fingerprint density at radius 3 is 1.63 bits per heavy atom. The molecule has 0 saturated carbocycles. The molecule has 0 amide bonds. The van der Waals surface area contributed by atoms with Gasteiger partial charge in [0.25, 0.3) is 10.1 Å². The molecule has 0 unspecified atom stereocenters. The Labute approximate surface area is 310 Å². The van der Waals surface area contributed by atoms with Crippen molar-refractivity contribution in [2.24, 2.45) is 5.16 Å². The Morgan fingerprint density at radius 2 is 1.14 bits per heavy atom. The molecule has 0 N–H and O–H groups in total. The maximum Gasteiger partial charge on any atom is 0.338 e. The van der Waals surface area contributed by atoms with E-state index in [2.05, 4.69) is 5.16 Å². The minimum absolute atomic E-state index is 0.0343. The smallest absolute Gasteiger partial charge is 0.338 e. The van der Waals surface area contributed by atoms with Gasteiger partial charge < -0.3 is 19.0 Å². The first-order valence-electron chi connectivity index (χ1n) is 15.1. The molecule has 0 aliphatic rings. The van der Waals surface area contributed by atoms with E-state index in [1.54, 1.807) is 36.4 Å². The molecule has 0 radical (unpaired) electrons. The fourth-order valence-electron chi connectivity index (χ4n) is 4.44. The third-order valence-corrected chi connectivity index (χ3v) is 9.75. The zero-order chi connectivity index (χ0) is 37.3. The summed E-state index contributed by atoms with van der Waals surface area (Å²) in [4.78, 5) is 44.4. The standard InChI is InChI=1S/C36H32Cl3NO10S/c1-21-5-11-24(12-6-21)34(41)47-20-31(50-51(44,45)32-18-28(38)27(37)17-29(32)39)33(49-36(43)26-15-9-23(3)10-16-26)30(19-40-46-4)48-35(42)25-13-7-22(2)8-14-25/h5-19,30-31,33H,20H2,1-4H3/t30-,31-,33-/m1/s1. The maximum atomic E-state index is 13.8. The summed E-state index contributed by atoms with van der Waals surface area (Å²) in [5, 5.41) is 3.16. The Bertz CT molecular complexity index is 2000. The van der Waals surface area contributed by atoms with Crippen LogP contribution in [0, 0.1) is 20.8 Å². The summed E-state index contributed by atoms with van der Waals surface area (Å²) in [5.74, 6) is -2.73. The van der Waals surface area contributed by atoms with Crippen molar-refractivity contribution < 1.29 is 46.0 Å². The molecular formula is C36H32Cl3NO10S. The molecule has 268 valence electrons. The number of oxime groups is 1. The summed E-state index contributed by atoms with van der Waals surface area (Å²) in [6.45, 7) is 4.61. The predicted molar refractivity (Wildman–Crippen MR) is 191 cm³/mol. The Kier molecular flexibility index (Phi) is 13.6. The minimum atomic E-state index is -4.91. The SMILES string of the molecule is CON=C[C@@H](OC(=O)c1ccc(C)cc1)[C@@H](OC(=O)c1ccc(C)cc1)[C@@H](COC(=O)c1ccc(C)cc1)OS(=O)(=O)c1cc(Cl)c(Cl)cc1Cl. The van der Waals surface area contributed by atoms with Gasteiger partial charge in [0.05, 0.1) is 38.0 Å². The lowest BCUT2D eigenvalue weighted by atomic mass is 10.1. The van der Waals surface area contributed by atoms with Gasteiger partial charge in [-0.1, -0.05) is 93.0 Å². The van der Waals surface area contributed by atoms with E-state index in [0.29, 0.717) is 0 Å². The van der Waals surface area contributed by atoms with Crippen LogP contribution in [0.2, 0.25) is 15.1 Å². The quantitative estimate of drug-likeness (QED) is 0.0314. The molecule has 0 fully saturated rings. The van der Waals surface area contributed by atoms with Crippen molar-refractivity contribution in [2.45, 2.75) is 44.0 Å². The van der Waals surface area contributed by atoms with E-state index < -0.39 is 57.8 Å².